The van der Waals surface area contributed by atoms with Crippen LogP contribution in [0.15, 0.2) is 18.2 Å². The molecule has 1 fully saturated rings. The molecule has 1 atom stereocenters. The van der Waals surface area contributed by atoms with Gasteiger partial charge in [0.25, 0.3) is 0 Å². The highest BCUT2D eigenvalue weighted by molar-refractivity contribution is 5.75. The van der Waals surface area contributed by atoms with Gasteiger partial charge in [0.2, 0.25) is 0 Å². The molecule has 0 radical (unpaired) electrons. The number of piperidine rings is 1. The monoisotopic (exact) mass is 291 g/mol. The number of fused-ring (bicyclic) bond motifs is 1. The number of para-hydroxylation sites is 1. The molecule has 1 aliphatic rings. The Bertz CT molecular complexity index is 605. The highest BCUT2D eigenvalue weighted by atomic mass is 19.1. The molecule has 114 valence electrons. The molecule has 1 aliphatic heterocycles. The third-order valence-electron chi connectivity index (χ3n) is 4.40. The number of rotatable bonds is 4. The Morgan fingerprint density at radius 1 is 1.43 bits per heavy atom. The lowest BCUT2D eigenvalue weighted by molar-refractivity contribution is 0.0939. The Morgan fingerprint density at radius 2 is 2.19 bits per heavy atom. The van der Waals surface area contributed by atoms with Crippen molar-refractivity contribution in [3.63, 3.8) is 0 Å². The molecule has 4 nitrogen and oxygen atoms in total. The van der Waals surface area contributed by atoms with Crippen LogP contribution in [-0.4, -0.2) is 45.7 Å². The highest BCUT2D eigenvalue weighted by Gasteiger charge is 2.24. The number of β-amino-alcohol motifs (C(OH)–C–C–N with tert-alkyl or cyclic N) is 1. The SMILES string of the molecule is CCC(O)CN1CCC(c2nc3c(F)cccc3[nH]2)CC1. The van der Waals surface area contributed by atoms with Crippen LogP contribution in [-0.2, 0) is 0 Å². The standard InChI is InChI=1S/C16H22FN3O/c1-2-12(21)10-20-8-6-11(7-9-20)16-18-14-5-3-4-13(17)15(14)19-16/h3-5,11-12,21H,2,6-10H2,1H3,(H,18,19). The zero-order valence-electron chi connectivity index (χ0n) is 12.3. The maximum Gasteiger partial charge on any atom is 0.151 e. The van der Waals surface area contributed by atoms with Gasteiger partial charge in [-0.25, -0.2) is 9.37 Å². The summed E-state index contributed by atoms with van der Waals surface area (Å²) in [5, 5.41) is 9.72. The number of aliphatic hydroxyl groups is 1. The number of aromatic amines is 1. The van der Waals surface area contributed by atoms with Crippen LogP contribution in [0.3, 0.4) is 0 Å². The van der Waals surface area contributed by atoms with Crippen LogP contribution in [0.4, 0.5) is 4.39 Å². The predicted octanol–water partition coefficient (Wildman–Crippen LogP) is 2.65. The van der Waals surface area contributed by atoms with Crippen LogP contribution in [0.25, 0.3) is 11.0 Å². The summed E-state index contributed by atoms with van der Waals surface area (Å²) in [6.07, 6.45) is 2.56. The summed E-state index contributed by atoms with van der Waals surface area (Å²) in [4.78, 5) is 9.99. The van der Waals surface area contributed by atoms with Gasteiger partial charge in [-0.15, -0.1) is 0 Å². The maximum atomic E-state index is 13.7. The topological polar surface area (TPSA) is 52.1 Å². The summed E-state index contributed by atoms with van der Waals surface area (Å²) < 4.78 is 13.7. The summed E-state index contributed by atoms with van der Waals surface area (Å²) in [6.45, 7) is 4.67. The van der Waals surface area contributed by atoms with E-state index in [4.69, 9.17) is 0 Å². The Kier molecular flexibility index (Phi) is 4.22. The molecule has 1 aromatic heterocycles. The van der Waals surface area contributed by atoms with Gasteiger partial charge in [0.15, 0.2) is 5.82 Å². The van der Waals surface area contributed by atoms with Gasteiger partial charge in [0.1, 0.15) is 11.3 Å². The van der Waals surface area contributed by atoms with Gasteiger partial charge < -0.3 is 15.0 Å². The molecule has 0 bridgehead atoms. The van der Waals surface area contributed by atoms with Crippen molar-refractivity contribution in [2.45, 2.75) is 38.2 Å². The quantitative estimate of drug-likeness (QED) is 0.910. The van der Waals surface area contributed by atoms with Crippen molar-refractivity contribution in [3.05, 3.63) is 29.8 Å². The van der Waals surface area contributed by atoms with E-state index in [0.29, 0.717) is 11.4 Å². The van der Waals surface area contributed by atoms with E-state index in [2.05, 4.69) is 14.9 Å². The lowest BCUT2D eigenvalue weighted by atomic mass is 9.96. The first-order chi connectivity index (χ1) is 10.2. The molecule has 1 saturated heterocycles. The van der Waals surface area contributed by atoms with Gasteiger partial charge in [-0.2, -0.15) is 0 Å². The fourth-order valence-corrected chi connectivity index (χ4v) is 3.03. The lowest BCUT2D eigenvalue weighted by Crippen LogP contribution is -2.38. The van der Waals surface area contributed by atoms with Crippen LogP contribution in [0.2, 0.25) is 0 Å². The number of H-pyrrole nitrogens is 1. The van der Waals surface area contributed by atoms with E-state index in [1.807, 2.05) is 13.0 Å². The summed E-state index contributed by atoms with van der Waals surface area (Å²) in [5.74, 6) is 0.983. The van der Waals surface area contributed by atoms with Gasteiger partial charge in [0, 0.05) is 12.5 Å². The molecular formula is C16H22FN3O. The van der Waals surface area contributed by atoms with Crippen LogP contribution in [0, 0.1) is 5.82 Å². The van der Waals surface area contributed by atoms with Gasteiger partial charge in [-0.3, -0.25) is 0 Å². The molecule has 3 rings (SSSR count). The molecular weight excluding hydrogens is 269 g/mol. The van der Waals surface area contributed by atoms with Gasteiger partial charge in [0.05, 0.1) is 11.6 Å². The fraction of sp³-hybridized carbons (Fsp3) is 0.562. The number of likely N-dealkylation sites (tertiary alicyclic amines) is 1. The van der Waals surface area contributed by atoms with E-state index < -0.39 is 0 Å². The third kappa shape index (κ3) is 3.09. The number of nitrogens with one attached hydrogen (secondary N) is 1. The van der Waals surface area contributed by atoms with E-state index in [1.54, 1.807) is 6.07 Å². The van der Waals surface area contributed by atoms with E-state index in [-0.39, 0.29) is 11.9 Å². The molecule has 1 unspecified atom stereocenters. The number of hydrogen-bond acceptors (Lipinski definition) is 3. The minimum Gasteiger partial charge on any atom is -0.392 e. The minimum absolute atomic E-state index is 0.234. The number of nitrogens with zero attached hydrogens (tertiary/aromatic N) is 2. The maximum absolute atomic E-state index is 13.7. The van der Waals surface area contributed by atoms with Crippen molar-refractivity contribution in [1.29, 1.82) is 0 Å². The molecule has 1 aromatic carbocycles. The summed E-state index contributed by atoms with van der Waals surface area (Å²) in [6, 6.07) is 5.01. The molecule has 0 amide bonds. The number of aromatic nitrogens is 2. The normalized spacial score (nSPS) is 19.2. The van der Waals surface area contributed by atoms with E-state index in [9.17, 15) is 9.50 Å². The van der Waals surface area contributed by atoms with Crippen molar-refractivity contribution in [2.24, 2.45) is 0 Å². The first-order valence-corrected chi connectivity index (χ1v) is 7.72. The summed E-state index contributed by atoms with van der Waals surface area (Å²) in [5.41, 5.74) is 1.21. The van der Waals surface area contributed by atoms with Crippen LogP contribution < -0.4 is 0 Å². The van der Waals surface area contributed by atoms with Crippen molar-refractivity contribution in [1.82, 2.24) is 14.9 Å². The number of imidazole rings is 1. The number of hydrogen-bond donors (Lipinski definition) is 2. The average molecular weight is 291 g/mol. The zero-order valence-corrected chi connectivity index (χ0v) is 12.3. The first kappa shape index (κ1) is 14.5. The summed E-state index contributed by atoms with van der Waals surface area (Å²) >= 11 is 0. The minimum atomic E-state index is -0.265. The smallest absolute Gasteiger partial charge is 0.151 e. The predicted molar refractivity (Wildman–Crippen MR) is 80.8 cm³/mol. The van der Waals surface area contributed by atoms with E-state index in [0.717, 1.165) is 50.2 Å². The Hall–Kier alpha value is -1.46. The van der Waals surface area contributed by atoms with E-state index in [1.165, 1.54) is 6.07 Å². The lowest BCUT2D eigenvalue weighted by Gasteiger charge is -2.32. The molecule has 0 spiro atoms. The average Bonchev–Trinajstić information content (AvgIpc) is 2.93. The van der Waals surface area contributed by atoms with Gasteiger partial charge in [-0.05, 0) is 44.5 Å². The molecule has 0 saturated carbocycles. The van der Waals surface area contributed by atoms with Crippen LogP contribution in [0.5, 0.6) is 0 Å². The Balaban J connectivity index is 1.67. The number of benzene rings is 1. The number of halogens is 1. The van der Waals surface area contributed by atoms with Crippen molar-refractivity contribution in [3.8, 4) is 0 Å². The highest BCUT2D eigenvalue weighted by Crippen LogP contribution is 2.28. The second kappa shape index (κ2) is 6.12. The summed E-state index contributed by atoms with van der Waals surface area (Å²) in [7, 11) is 0. The van der Waals surface area contributed by atoms with Crippen molar-refractivity contribution < 1.29 is 9.50 Å². The number of aliphatic hydroxyl groups excluding tert-OH is 1. The molecule has 21 heavy (non-hydrogen) atoms. The molecule has 2 aromatic rings. The Morgan fingerprint density at radius 3 is 2.86 bits per heavy atom. The zero-order chi connectivity index (χ0) is 14.8. The van der Waals surface area contributed by atoms with E-state index >= 15 is 0 Å². The molecule has 5 heteroatoms. The second-order valence-corrected chi connectivity index (χ2v) is 5.90. The largest absolute Gasteiger partial charge is 0.392 e. The van der Waals surface area contributed by atoms with Crippen LogP contribution in [0.1, 0.15) is 37.9 Å². The van der Waals surface area contributed by atoms with Crippen molar-refractivity contribution in [2.75, 3.05) is 19.6 Å². The molecule has 0 aliphatic carbocycles. The van der Waals surface area contributed by atoms with Crippen LogP contribution >= 0.6 is 0 Å². The first-order valence-electron chi connectivity index (χ1n) is 7.72. The van der Waals surface area contributed by atoms with Crippen molar-refractivity contribution >= 4 is 11.0 Å². The van der Waals surface area contributed by atoms with Gasteiger partial charge in [-0.1, -0.05) is 13.0 Å². The fourth-order valence-electron chi connectivity index (χ4n) is 3.03. The molecule has 2 N–H and O–H groups in total. The third-order valence-corrected chi connectivity index (χ3v) is 4.40. The molecule has 2 heterocycles. The second-order valence-electron chi connectivity index (χ2n) is 5.90. The van der Waals surface area contributed by atoms with Gasteiger partial charge >= 0.3 is 0 Å². The Labute approximate surface area is 124 Å².